The number of methoxy groups -OCH3 is 1. The molecule has 0 bridgehead atoms. The highest BCUT2D eigenvalue weighted by atomic mass is 19.1. The minimum atomic E-state index is -1.45. The number of nitriles is 2. The largest absolute Gasteiger partial charge is 0.499 e. The maximum atomic E-state index is 14.9. The summed E-state index contributed by atoms with van der Waals surface area (Å²) in [4.78, 5) is 31.4. The van der Waals surface area contributed by atoms with Crippen molar-refractivity contribution in [1.82, 2.24) is 29.7 Å². The SMILES string of the molecule is COC1=C(N2CCN(C3COC3)CC2)C=CC(Nc2ncnc(-c3ccc(O[C@H]4CCN(C(=O)CC#N)C[C@H]4F)c(C#N)c3)n2)C1. The zero-order valence-electron chi connectivity index (χ0n) is 25.6. The fourth-order valence-electron chi connectivity index (χ4n) is 6.12. The topological polar surface area (TPSA) is 153 Å². The lowest BCUT2D eigenvalue weighted by atomic mass is 10.0. The van der Waals surface area contributed by atoms with E-state index in [4.69, 9.17) is 19.5 Å². The number of hydrogen-bond donors (Lipinski definition) is 1. The molecule has 240 valence electrons. The van der Waals surface area contributed by atoms with Crippen LogP contribution in [0.25, 0.3) is 11.4 Å². The van der Waals surface area contributed by atoms with Crippen LogP contribution in [-0.4, -0.2) is 120 Å². The van der Waals surface area contributed by atoms with Gasteiger partial charge in [-0.25, -0.2) is 14.4 Å². The summed E-state index contributed by atoms with van der Waals surface area (Å²) >= 11 is 0. The van der Waals surface area contributed by atoms with E-state index in [0.717, 1.165) is 50.8 Å². The predicted molar refractivity (Wildman–Crippen MR) is 164 cm³/mol. The van der Waals surface area contributed by atoms with Crippen LogP contribution in [0, 0.1) is 22.7 Å². The number of alkyl halides is 1. The molecule has 13 nitrogen and oxygen atoms in total. The van der Waals surface area contributed by atoms with Gasteiger partial charge in [0.05, 0.1) is 56.3 Å². The van der Waals surface area contributed by atoms with Gasteiger partial charge >= 0.3 is 0 Å². The molecule has 1 aliphatic carbocycles. The summed E-state index contributed by atoms with van der Waals surface area (Å²) in [5.41, 5.74) is 1.89. The van der Waals surface area contributed by atoms with Crippen LogP contribution in [0.3, 0.4) is 0 Å². The lowest BCUT2D eigenvalue weighted by molar-refractivity contribution is -0.134. The number of rotatable bonds is 9. The first-order chi connectivity index (χ1) is 22.4. The zero-order chi connectivity index (χ0) is 32.0. The Labute approximate surface area is 266 Å². The predicted octanol–water partition coefficient (Wildman–Crippen LogP) is 2.26. The van der Waals surface area contributed by atoms with Crippen LogP contribution in [0.1, 0.15) is 24.8 Å². The number of anilines is 1. The Balaban J connectivity index is 1.07. The first kappa shape index (κ1) is 31.2. The summed E-state index contributed by atoms with van der Waals surface area (Å²) in [5, 5.41) is 21.9. The number of aromatic nitrogens is 3. The molecule has 4 heterocycles. The molecule has 0 saturated carbocycles. The van der Waals surface area contributed by atoms with E-state index < -0.39 is 18.2 Å². The second-order valence-corrected chi connectivity index (χ2v) is 11.6. The summed E-state index contributed by atoms with van der Waals surface area (Å²) in [6.45, 7) is 5.65. The van der Waals surface area contributed by atoms with Gasteiger partial charge in [-0.05, 0) is 24.3 Å². The number of allylic oxidation sites excluding steroid dienone is 1. The first-order valence-corrected chi connectivity index (χ1v) is 15.4. The Kier molecular flexibility index (Phi) is 9.57. The molecule has 1 unspecified atom stereocenters. The van der Waals surface area contributed by atoms with E-state index in [1.165, 1.54) is 11.2 Å². The molecule has 3 aliphatic heterocycles. The molecule has 1 N–H and O–H groups in total. The number of nitrogens with zero attached hydrogens (tertiary/aromatic N) is 8. The van der Waals surface area contributed by atoms with Crippen molar-refractivity contribution >= 4 is 11.9 Å². The quantitative estimate of drug-likeness (QED) is 0.433. The lowest BCUT2D eigenvalue weighted by Crippen LogP contribution is -2.56. The maximum absolute atomic E-state index is 14.9. The molecular formula is C32H36FN9O4. The summed E-state index contributed by atoms with van der Waals surface area (Å²) < 4.78 is 31.9. The van der Waals surface area contributed by atoms with E-state index in [9.17, 15) is 14.4 Å². The number of halogens is 1. The van der Waals surface area contributed by atoms with Crippen molar-refractivity contribution in [3.8, 4) is 29.3 Å². The average molecular weight is 630 g/mol. The van der Waals surface area contributed by atoms with Crippen LogP contribution >= 0.6 is 0 Å². The highest BCUT2D eigenvalue weighted by Crippen LogP contribution is 2.30. The second-order valence-electron chi connectivity index (χ2n) is 11.6. The normalized spacial score (nSPS) is 23.7. The van der Waals surface area contributed by atoms with Gasteiger partial charge in [0.25, 0.3) is 0 Å². The molecule has 4 aliphatic rings. The third-order valence-electron chi connectivity index (χ3n) is 8.80. The van der Waals surface area contributed by atoms with E-state index >= 15 is 0 Å². The van der Waals surface area contributed by atoms with Gasteiger partial charge in [-0.1, -0.05) is 6.08 Å². The van der Waals surface area contributed by atoms with Crippen LogP contribution in [-0.2, 0) is 14.3 Å². The fraction of sp³-hybridized carbons (Fsp3) is 0.500. The fourth-order valence-corrected chi connectivity index (χ4v) is 6.12. The van der Waals surface area contributed by atoms with Crippen molar-refractivity contribution in [3.05, 3.63) is 53.7 Å². The second kappa shape index (κ2) is 14.1. The Hall–Kier alpha value is -4.79. The van der Waals surface area contributed by atoms with Crippen LogP contribution in [0.15, 0.2) is 48.1 Å². The van der Waals surface area contributed by atoms with Crippen molar-refractivity contribution < 1.29 is 23.4 Å². The highest BCUT2D eigenvalue weighted by Gasteiger charge is 2.34. The molecule has 1 amide bonds. The molecule has 0 radical (unpaired) electrons. The minimum absolute atomic E-state index is 0.0944. The van der Waals surface area contributed by atoms with Gasteiger partial charge in [0, 0.05) is 51.1 Å². The molecule has 46 heavy (non-hydrogen) atoms. The number of piperidine rings is 1. The van der Waals surface area contributed by atoms with E-state index in [0.29, 0.717) is 29.8 Å². The van der Waals surface area contributed by atoms with Crippen LogP contribution in [0.2, 0.25) is 0 Å². The molecule has 1 aromatic carbocycles. The Morgan fingerprint density at radius 1 is 1.17 bits per heavy atom. The van der Waals surface area contributed by atoms with Gasteiger partial charge in [-0.3, -0.25) is 9.69 Å². The van der Waals surface area contributed by atoms with E-state index in [-0.39, 0.29) is 43.3 Å². The number of benzene rings is 1. The molecule has 1 aromatic heterocycles. The number of piperazine rings is 1. The van der Waals surface area contributed by atoms with E-state index in [2.05, 4.69) is 48.3 Å². The molecular weight excluding hydrogens is 593 g/mol. The molecule has 14 heteroatoms. The minimum Gasteiger partial charge on any atom is -0.499 e. The number of nitrogens with one attached hydrogen (secondary N) is 1. The number of amides is 1. The van der Waals surface area contributed by atoms with Crippen molar-refractivity contribution in [2.75, 3.05) is 64.9 Å². The number of likely N-dealkylation sites (tertiary alicyclic amines) is 1. The first-order valence-electron chi connectivity index (χ1n) is 15.4. The average Bonchev–Trinajstić information content (AvgIpc) is 3.05. The van der Waals surface area contributed by atoms with Crippen molar-refractivity contribution in [2.45, 2.75) is 43.6 Å². The summed E-state index contributed by atoms with van der Waals surface area (Å²) in [6, 6.07) is 9.28. The van der Waals surface area contributed by atoms with Crippen molar-refractivity contribution in [3.63, 3.8) is 0 Å². The number of ether oxygens (including phenoxy) is 3. The maximum Gasteiger partial charge on any atom is 0.236 e. The van der Waals surface area contributed by atoms with Crippen LogP contribution < -0.4 is 10.1 Å². The van der Waals surface area contributed by atoms with Gasteiger partial charge in [0.15, 0.2) is 12.0 Å². The van der Waals surface area contributed by atoms with Gasteiger partial charge in [-0.15, -0.1) is 0 Å². The van der Waals surface area contributed by atoms with E-state index in [1.807, 2.05) is 0 Å². The highest BCUT2D eigenvalue weighted by molar-refractivity contribution is 5.78. The number of carbonyl (C=O) groups excluding carboxylic acids is 1. The van der Waals surface area contributed by atoms with E-state index in [1.54, 1.807) is 31.4 Å². The third-order valence-corrected chi connectivity index (χ3v) is 8.80. The molecule has 0 spiro atoms. The molecule has 3 saturated heterocycles. The molecule has 2 aromatic rings. The lowest BCUT2D eigenvalue weighted by Gasteiger charge is -2.44. The zero-order valence-corrected chi connectivity index (χ0v) is 25.6. The summed E-state index contributed by atoms with van der Waals surface area (Å²) in [6.07, 6.45) is 3.92. The third kappa shape index (κ3) is 6.88. The number of carbonyl (C=O) groups is 1. The van der Waals surface area contributed by atoms with Crippen molar-refractivity contribution in [2.24, 2.45) is 0 Å². The number of hydrogen-bond acceptors (Lipinski definition) is 12. The Morgan fingerprint density at radius 2 is 2.00 bits per heavy atom. The molecule has 3 atom stereocenters. The van der Waals surface area contributed by atoms with Gasteiger partial charge < -0.3 is 29.3 Å². The Morgan fingerprint density at radius 3 is 2.70 bits per heavy atom. The standard InChI is InChI=1S/C32H36FN9O4/c1-44-29-15-23(3-4-26(29)41-12-10-40(11-13-41)24-18-45-19-24)38-32-37-20-36-31(39-32)21-2-5-27(22(14-21)16-35)46-28-7-9-42(17-25(28)33)30(43)6-8-34/h2-5,14,20,23-25,28H,6-7,9-13,15,17-19H2,1H3,(H,36,37,38,39)/t23?,25-,28+/m1/s1. The smallest absolute Gasteiger partial charge is 0.236 e. The Bertz CT molecular complexity index is 1580. The molecule has 3 fully saturated rings. The summed E-state index contributed by atoms with van der Waals surface area (Å²) in [5.74, 6) is 1.49. The van der Waals surface area contributed by atoms with Crippen molar-refractivity contribution in [1.29, 1.82) is 10.5 Å². The molecule has 6 rings (SSSR count). The van der Waals surface area contributed by atoms with Crippen LogP contribution in [0.4, 0.5) is 10.3 Å². The monoisotopic (exact) mass is 629 g/mol. The van der Waals surface area contributed by atoms with Crippen LogP contribution in [0.5, 0.6) is 5.75 Å². The van der Waals surface area contributed by atoms with Gasteiger partial charge in [0.2, 0.25) is 11.9 Å². The van der Waals surface area contributed by atoms with Gasteiger partial charge in [-0.2, -0.15) is 15.5 Å². The summed E-state index contributed by atoms with van der Waals surface area (Å²) in [7, 11) is 1.70. The van der Waals surface area contributed by atoms with Gasteiger partial charge in [0.1, 0.15) is 36.4 Å².